The quantitative estimate of drug-likeness (QED) is 0.666. The van der Waals surface area contributed by atoms with E-state index < -0.39 is 0 Å². The monoisotopic (exact) mass is 273 g/mol. The molecule has 0 saturated carbocycles. The highest BCUT2D eigenvalue weighted by Crippen LogP contribution is 2.47. The fourth-order valence-corrected chi connectivity index (χ4v) is 4.41. The number of nitrogens with one attached hydrogen (secondary N) is 1. The predicted molar refractivity (Wildman–Crippen MR) is 81.9 cm³/mol. The molecule has 1 aromatic carbocycles. The minimum Gasteiger partial charge on any atom is -0.271 e. The number of hydrogen-bond donors (Lipinski definition) is 2. The van der Waals surface area contributed by atoms with Crippen molar-refractivity contribution in [3.05, 3.63) is 42.1 Å². The van der Waals surface area contributed by atoms with Crippen LogP contribution in [0.4, 0.5) is 0 Å². The molecule has 0 bridgehead atoms. The van der Waals surface area contributed by atoms with Crippen LogP contribution in [0, 0.1) is 0 Å². The lowest BCUT2D eigenvalue weighted by Gasteiger charge is -2.33. The molecule has 0 amide bonds. The molecule has 1 aromatic heterocycles. The summed E-state index contributed by atoms with van der Waals surface area (Å²) in [5.74, 6) is 7.10. The van der Waals surface area contributed by atoms with Gasteiger partial charge >= 0.3 is 0 Å². The van der Waals surface area contributed by atoms with Crippen LogP contribution in [0.2, 0.25) is 0 Å². The Balaban J connectivity index is 2.11. The molecule has 1 aliphatic heterocycles. The van der Waals surface area contributed by atoms with E-state index in [4.69, 9.17) is 5.84 Å². The first-order valence-corrected chi connectivity index (χ1v) is 7.67. The topological polar surface area (TPSA) is 50.9 Å². The third kappa shape index (κ3) is 2.24. The predicted octanol–water partition coefficient (Wildman–Crippen LogP) is 3.02. The molecule has 3 rings (SSSR count). The van der Waals surface area contributed by atoms with Gasteiger partial charge in [0.1, 0.15) is 0 Å². The lowest BCUT2D eigenvalue weighted by Crippen LogP contribution is -2.41. The normalized spacial score (nSPS) is 24.7. The zero-order valence-electron chi connectivity index (χ0n) is 11.1. The third-order valence-corrected chi connectivity index (χ3v) is 5.61. The highest BCUT2D eigenvalue weighted by atomic mass is 32.2. The Morgan fingerprint density at radius 2 is 2.26 bits per heavy atom. The molecule has 3 N–H and O–H groups in total. The van der Waals surface area contributed by atoms with E-state index in [2.05, 4.69) is 41.6 Å². The van der Waals surface area contributed by atoms with Gasteiger partial charge in [-0.1, -0.05) is 18.2 Å². The number of nitrogens with two attached hydrogens (primary N) is 1. The van der Waals surface area contributed by atoms with Gasteiger partial charge in [-0.3, -0.25) is 16.3 Å². The summed E-state index contributed by atoms with van der Waals surface area (Å²) >= 11 is 2.02. The van der Waals surface area contributed by atoms with Gasteiger partial charge in [0.05, 0.1) is 11.6 Å². The van der Waals surface area contributed by atoms with E-state index in [1.54, 1.807) is 0 Å². The van der Waals surface area contributed by atoms with Crippen molar-refractivity contribution in [2.45, 2.75) is 30.6 Å². The molecule has 2 heterocycles. The van der Waals surface area contributed by atoms with E-state index in [-0.39, 0.29) is 10.8 Å². The Morgan fingerprint density at radius 3 is 3.00 bits per heavy atom. The summed E-state index contributed by atoms with van der Waals surface area (Å²) in [6, 6.07) is 10.6. The maximum absolute atomic E-state index is 5.88. The molecular weight excluding hydrogens is 254 g/mol. The van der Waals surface area contributed by atoms with Crippen LogP contribution in [0.1, 0.15) is 31.4 Å². The molecule has 2 atom stereocenters. The second-order valence-corrected chi connectivity index (χ2v) is 6.91. The van der Waals surface area contributed by atoms with E-state index in [9.17, 15) is 0 Å². The van der Waals surface area contributed by atoms with Gasteiger partial charge in [0, 0.05) is 16.3 Å². The zero-order chi connectivity index (χ0) is 13.3. The van der Waals surface area contributed by atoms with Crippen LogP contribution in [0.15, 0.2) is 36.5 Å². The van der Waals surface area contributed by atoms with E-state index in [0.717, 1.165) is 5.52 Å². The number of rotatable bonds is 3. The number of nitrogens with zero attached hydrogens (tertiary/aromatic N) is 1. The number of pyridine rings is 1. The first-order valence-electron chi connectivity index (χ1n) is 6.68. The summed E-state index contributed by atoms with van der Waals surface area (Å²) in [7, 11) is 0. The first kappa shape index (κ1) is 12.9. The van der Waals surface area contributed by atoms with Gasteiger partial charge < -0.3 is 0 Å². The van der Waals surface area contributed by atoms with Crippen LogP contribution in [0.5, 0.6) is 0 Å². The van der Waals surface area contributed by atoms with Crippen molar-refractivity contribution in [3.63, 3.8) is 0 Å². The Kier molecular flexibility index (Phi) is 3.48. The standard InChI is InChI=1S/C15H19N3S/c1-15(8-4-10-19-15)14(18-16)12-5-2-7-13-11(12)6-3-9-17-13/h2-3,5-7,9,14,18H,4,8,10,16H2,1H3. The average molecular weight is 273 g/mol. The smallest absolute Gasteiger partial charge is 0.0705 e. The van der Waals surface area contributed by atoms with Gasteiger partial charge in [-0.2, -0.15) is 11.8 Å². The van der Waals surface area contributed by atoms with Gasteiger partial charge in [-0.15, -0.1) is 0 Å². The summed E-state index contributed by atoms with van der Waals surface area (Å²) in [6.45, 7) is 2.31. The van der Waals surface area contributed by atoms with Crippen molar-refractivity contribution >= 4 is 22.7 Å². The van der Waals surface area contributed by atoms with Crippen molar-refractivity contribution in [1.29, 1.82) is 0 Å². The minimum atomic E-state index is 0.160. The van der Waals surface area contributed by atoms with Crippen LogP contribution in [-0.2, 0) is 0 Å². The molecule has 0 spiro atoms. The van der Waals surface area contributed by atoms with Crippen molar-refractivity contribution in [3.8, 4) is 0 Å². The SMILES string of the molecule is CC1(C(NN)c2cccc3ncccc23)CCCS1. The van der Waals surface area contributed by atoms with Crippen LogP contribution >= 0.6 is 11.8 Å². The van der Waals surface area contributed by atoms with Crippen molar-refractivity contribution in [2.75, 3.05) is 5.75 Å². The zero-order valence-corrected chi connectivity index (χ0v) is 11.9. The third-order valence-electron chi connectivity index (χ3n) is 4.02. The first-order chi connectivity index (χ1) is 9.24. The Bertz CT molecular complexity index is 573. The van der Waals surface area contributed by atoms with E-state index >= 15 is 0 Å². The Morgan fingerprint density at radius 1 is 1.37 bits per heavy atom. The molecule has 3 nitrogen and oxygen atoms in total. The van der Waals surface area contributed by atoms with Gasteiger partial charge in [0.25, 0.3) is 0 Å². The number of aromatic nitrogens is 1. The Labute approximate surface area is 117 Å². The minimum absolute atomic E-state index is 0.160. The second kappa shape index (κ2) is 5.12. The highest BCUT2D eigenvalue weighted by Gasteiger charge is 2.38. The van der Waals surface area contributed by atoms with E-state index in [1.165, 1.54) is 29.5 Å². The number of fused-ring (bicyclic) bond motifs is 1. The average Bonchev–Trinajstić information content (AvgIpc) is 2.87. The molecule has 1 saturated heterocycles. The van der Waals surface area contributed by atoms with Gasteiger partial charge in [-0.05, 0) is 43.2 Å². The van der Waals surface area contributed by atoms with Crippen LogP contribution in [0.3, 0.4) is 0 Å². The largest absolute Gasteiger partial charge is 0.271 e. The summed E-state index contributed by atoms with van der Waals surface area (Å²) in [4.78, 5) is 4.43. The van der Waals surface area contributed by atoms with Gasteiger partial charge in [-0.25, -0.2) is 0 Å². The molecule has 19 heavy (non-hydrogen) atoms. The van der Waals surface area contributed by atoms with Crippen LogP contribution < -0.4 is 11.3 Å². The number of benzene rings is 1. The molecule has 4 heteroatoms. The molecule has 1 aliphatic rings. The molecular formula is C15H19N3S. The lowest BCUT2D eigenvalue weighted by molar-refractivity contribution is 0.423. The fraction of sp³-hybridized carbons (Fsp3) is 0.400. The number of thioether (sulfide) groups is 1. The van der Waals surface area contributed by atoms with Crippen LogP contribution in [0.25, 0.3) is 10.9 Å². The summed E-state index contributed by atoms with van der Waals surface area (Å²) in [6.07, 6.45) is 4.30. The maximum Gasteiger partial charge on any atom is 0.0705 e. The second-order valence-electron chi connectivity index (χ2n) is 5.28. The molecule has 0 radical (unpaired) electrons. The lowest BCUT2D eigenvalue weighted by atomic mass is 9.88. The molecule has 1 fully saturated rings. The van der Waals surface area contributed by atoms with Crippen molar-refractivity contribution in [2.24, 2.45) is 5.84 Å². The molecule has 100 valence electrons. The summed E-state index contributed by atoms with van der Waals surface area (Å²) in [5.41, 5.74) is 5.33. The van der Waals surface area contributed by atoms with E-state index in [0.29, 0.717) is 0 Å². The summed E-state index contributed by atoms with van der Waals surface area (Å²) in [5, 5.41) is 1.20. The fourth-order valence-electron chi connectivity index (χ4n) is 3.00. The highest BCUT2D eigenvalue weighted by molar-refractivity contribution is 8.00. The van der Waals surface area contributed by atoms with Gasteiger partial charge in [0.15, 0.2) is 0 Å². The van der Waals surface area contributed by atoms with Crippen LogP contribution in [-0.4, -0.2) is 15.5 Å². The number of hydrogen-bond acceptors (Lipinski definition) is 4. The Hall–Kier alpha value is -1.10. The van der Waals surface area contributed by atoms with Gasteiger partial charge in [0.2, 0.25) is 0 Å². The van der Waals surface area contributed by atoms with Crippen molar-refractivity contribution < 1.29 is 0 Å². The summed E-state index contributed by atoms with van der Waals surface area (Å²) < 4.78 is 0.166. The molecule has 0 aliphatic carbocycles. The molecule has 2 aromatic rings. The number of hydrazine groups is 1. The molecule has 2 unspecified atom stereocenters. The van der Waals surface area contributed by atoms with E-state index in [1.807, 2.05) is 24.0 Å². The maximum atomic E-state index is 5.88. The van der Waals surface area contributed by atoms with Crippen molar-refractivity contribution in [1.82, 2.24) is 10.4 Å².